The number of aliphatic imine (C=N–C) groups is 1. The molecule has 2 aromatic carbocycles. The van der Waals surface area contributed by atoms with Crippen LogP contribution < -0.4 is 15.4 Å². The van der Waals surface area contributed by atoms with Crippen molar-refractivity contribution in [2.24, 2.45) is 4.99 Å². The number of rotatable bonds is 6. The first-order valence-electron chi connectivity index (χ1n) is 9.61. The van der Waals surface area contributed by atoms with Crippen LogP contribution in [0.5, 0.6) is 5.75 Å². The maximum Gasteiger partial charge on any atom is 0.191 e. The van der Waals surface area contributed by atoms with Crippen LogP contribution in [0.15, 0.2) is 59.9 Å². The number of hydrogen-bond donors (Lipinski definition) is 3. The molecule has 0 spiro atoms. The summed E-state index contributed by atoms with van der Waals surface area (Å²) in [5, 5.41) is 13.5. The minimum atomic E-state index is -0.245. The average molecular weight is 520 g/mol. The molecule has 0 aliphatic rings. The molecule has 8 heteroatoms. The van der Waals surface area contributed by atoms with Crippen LogP contribution in [0.2, 0.25) is 0 Å². The minimum Gasteiger partial charge on any atom is -0.488 e. The van der Waals surface area contributed by atoms with Crippen molar-refractivity contribution in [3.63, 3.8) is 0 Å². The van der Waals surface area contributed by atoms with Gasteiger partial charge in [-0.2, -0.15) is 5.10 Å². The molecule has 160 valence electrons. The summed E-state index contributed by atoms with van der Waals surface area (Å²) in [5.41, 5.74) is 2.96. The zero-order chi connectivity index (χ0) is 20.7. The summed E-state index contributed by atoms with van der Waals surface area (Å²) in [6.07, 6.45) is 1.51. The maximum absolute atomic E-state index is 6.06. The zero-order valence-electron chi connectivity index (χ0n) is 17.8. The maximum atomic E-state index is 6.06. The molecule has 3 N–H and O–H groups in total. The quantitative estimate of drug-likeness (QED) is 0.259. The summed E-state index contributed by atoms with van der Waals surface area (Å²) >= 11 is 0. The molecule has 0 aliphatic heterocycles. The van der Waals surface area contributed by atoms with E-state index in [1.54, 1.807) is 7.05 Å². The van der Waals surface area contributed by atoms with Crippen LogP contribution in [0.4, 0.5) is 0 Å². The number of aromatic nitrogens is 3. The van der Waals surface area contributed by atoms with Gasteiger partial charge in [0.05, 0.1) is 0 Å². The van der Waals surface area contributed by atoms with Crippen LogP contribution in [0.25, 0.3) is 11.4 Å². The first-order valence-corrected chi connectivity index (χ1v) is 9.61. The number of H-pyrrole nitrogens is 1. The third-order valence-corrected chi connectivity index (χ3v) is 4.13. The average Bonchev–Trinajstić information content (AvgIpc) is 3.23. The molecule has 0 amide bonds. The highest BCUT2D eigenvalue weighted by Gasteiger charge is 2.14. The van der Waals surface area contributed by atoms with Gasteiger partial charge in [-0.15, -0.1) is 24.0 Å². The Labute approximate surface area is 194 Å². The van der Waals surface area contributed by atoms with Crippen molar-refractivity contribution in [2.45, 2.75) is 39.5 Å². The van der Waals surface area contributed by atoms with Gasteiger partial charge >= 0.3 is 0 Å². The second-order valence-electron chi connectivity index (χ2n) is 7.64. The molecule has 0 unspecified atom stereocenters. The van der Waals surface area contributed by atoms with Gasteiger partial charge in [0.25, 0.3) is 0 Å². The lowest BCUT2D eigenvalue weighted by atomic mass is 10.1. The Balaban J connectivity index is 0.00000320. The van der Waals surface area contributed by atoms with Crippen LogP contribution in [0.3, 0.4) is 0 Å². The number of guanidine groups is 1. The standard InChI is InChI=1S/C22H28N6O.HI/c1-22(2,3)29-19-11-6-5-9-18(19)14-25-21(23-4)24-13-16-8-7-10-17(12-16)20-26-15-27-28-20;/h5-12,15H,13-14H2,1-4H3,(H2,23,24,25)(H,26,27,28);1H. The molecular formula is C22H29IN6O. The summed E-state index contributed by atoms with van der Waals surface area (Å²) < 4.78 is 6.06. The molecule has 3 rings (SSSR count). The largest absolute Gasteiger partial charge is 0.488 e. The molecule has 7 nitrogen and oxygen atoms in total. The van der Waals surface area contributed by atoms with Gasteiger partial charge in [-0.3, -0.25) is 10.1 Å². The van der Waals surface area contributed by atoms with E-state index in [9.17, 15) is 0 Å². The molecule has 1 aromatic heterocycles. The Hall–Kier alpha value is -2.62. The molecule has 0 saturated heterocycles. The number of benzene rings is 2. The van der Waals surface area contributed by atoms with E-state index in [-0.39, 0.29) is 29.6 Å². The highest BCUT2D eigenvalue weighted by molar-refractivity contribution is 14.0. The van der Waals surface area contributed by atoms with Gasteiger partial charge in [-0.05, 0) is 38.5 Å². The number of hydrogen-bond acceptors (Lipinski definition) is 4. The fourth-order valence-corrected chi connectivity index (χ4v) is 2.84. The van der Waals surface area contributed by atoms with E-state index in [0.717, 1.165) is 34.2 Å². The molecule has 1 heterocycles. The van der Waals surface area contributed by atoms with E-state index >= 15 is 0 Å². The van der Waals surface area contributed by atoms with Gasteiger partial charge in [-0.25, -0.2) is 4.98 Å². The first-order chi connectivity index (χ1) is 13.9. The summed E-state index contributed by atoms with van der Waals surface area (Å²) in [6.45, 7) is 7.39. The predicted octanol–water partition coefficient (Wildman–Crippen LogP) is 4.13. The molecule has 0 bridgehead atoms. The summed E-state index contributed by atoms with van der Waals surface area (Å²) in [5.74, 6) is 2.35. The van der Waals surface area contributed by atoms with Crippen molar-refractivity contribution in [1.82, 2.24) is 25.8 Å². The molecule has 0 atom stereocenters. The van der Waals surface area contributed by atoms with Crippen molar-refractivity contribution < 1.29 is 4.74 Å². The second-order valence-corrected chi connectivity index (χ2v) is 7.64. The van der Waals surface area contributed by atoms with E-state index < -0.39 is 0 Å². The van der Waals surface area contributed by atoms with Crippen molar-refractivity contribution in [3.05, 3.63) is 66.0 Å². The molecule has 0 aliphatic carbocycles. The lowest BCUT2D eigenvalue weighted by Gasteiger charge is -2.23. The fraction of sp³-hybridized carbons (Fsp3) is 0.318. The Bertz CT molecular complexity index is 950. The van der Waals surface area contributed by atoms with Crippen molar-refractivity contribution in [2.75, 3.05) is 7.05 Å². The number of halogens is 1. The molecule has 0 saturated carbocycles. The Kier molecular flexibility index (Phi) is 8.64. The number of ether oxygens (including phenoxy) is 1. The lowest BCUT2D eigenvalue weighted by molar-refractivity contribution is 0.129. The van der Waals surface area contributed by atoms with E-state index in [0.29, 0.717) is 13.1 Å². The summed E-state index contributed by atoms with van der Waals surface area (Å²) in [4.78, 5) is 8.52. The molecule has 0 radical (unpaired) electrons. The van der Waals surface area contributed by atoms with Crippen molar-refractivity contribution >= 4 is 29.9 Å². The summed E-state index contributed by atoms with van der Waals surface area (Å²) in [6, 6.07) is 16.2. The van der Waals surface area contributed by atoms with Gasteiger partial charge in [0.1, 0.15) is 17.7 Å². The molecule has 0 fully saturated rings. The van der Waals surface area contributed by atoms with Crippen LogP contribution in [0, 0.1) is 0 Å². The van der Waals surface area contributed by atoms with E-state index in [2.05, 4.69) is 49.0 Å². The highest BCUT2D eigenvalue weighted by atomic mass is 127. The molecule has 3 aromatic rings. The second kappa shape index (κ2) is 11.0. The zero-order valence-corrected chi connectivity index (χ0v) is 20.1. The minimum absolute atomic E-state index is 0. The van der Waals surface area contributed by atoms with Crippen molar-refractivity contribution in [1.29, 1.82) is 0 Å². The highest BCUT2D eigenvalue weighted by Crippen LogP contribution is 2.22. The van der Waals surface area contributed by atoms with Crippen LogP contribution in [-0.4, -0.2) is 33.8 Å². The van der Waals surface area contributed by atoms with Crippen molar-refractivity contribution in [3.8, 4) is 17.1 Å². The predicted molar refractivity (Wildman–Crippen MR) is 131 cm³/mol. The smallest absolute Gasteiger partial charge is 0.191 e. The normalized spacial score (nSPS) is 11.5. The summed E-state index contributed by atoms with van der Waals surface area (Å²) in [7, 11) is 1.76. The monoisotopic (exact) mass is 520 g/mol. The van der Waals surface area contributed by atoms with Gasteiger partial charge in [-0.1, -0.05) is 36.4 Å². The topological polar surface area (TPSA) is 87.2 Å². The van der Waals surface area contributed by atoms with Crippen LogP contribution >= 0.6 is 24.0 Å². The number of nitrogens with one attached hydrogen (secondary N) is 3. The molecular weight excluding hydrogens is 491 g/mol. The number of para-hydroxylation sites is 1. The van der Waals surface area contributed by atoms with Gasteiger partial charge in [0.15, 0.2) is 11.8 Å². The fourth-order valence-electron chi connectivity index (χ4n) is 2.84. The van der Waals surface area contributed by atoms with E-state index in [4.69, 9.17) is 4.74 Å². The van der Waals surface area contributed by atoms with E-state index in [1.165, 1.54) is 6.33 Å². The Morgan fingerprint density at radius 1 is 1.07 bits per heavy atom. The van der Waals surface area contributed by atoms with E-state index in [1.807, 2.05) is 51.1 Å². The third kappa shape index (κ3) is 7.01. The van der Waals surface area contributed by atoms with Crippen LogP contribution in [0.1, 0.15) is 31.9 Å². The first kappa shape index (κ1) is 23.7. The Morgan fingerprint density at radius 2 is 1.83 bits per heavy atom. The third-order valence-electron chi connectivity index (χ3n) is 4.13. The molecule has 30 heavy (non-hydrogen) atoms. The van der Waals surface area contributed by atoms with Gasteiger partial charge in [0, 0.05) is 31.3 Å². The number of nitrogens with zero attached hydrogens (tertiary/aromatic N) is 3. The number of aromatic amines is 1. The van der Waals surface area contributed by atoms with Gasteiger partial charge in [0.2, 0.25) is 0 Å². The Morgan fingerprint density at radius 3 is 2.53 bits per heavy atom. The van der Waals surface area contributed by atoms with Crippen LogP contribution in [-0.2, 0) is 13.1 Å². The van der Waals surface area contributed by atoms with Gasteiger partial charge < -0.3 is 15.4 Å². The SMILES string of the molecule is CN=C(NCc1cccc(-c2ncn[nH]2)c1)NCc1ccccc1OC(C)(C)C.I. The lowest BCUT2D eigenvalue weighted by Crippen LogP contribution is -2.36.